The predicted molar refractivity (Wildman–Crippen MR) is 60.9 cm³/mol. The number of hydrogen-bond acceptors (Lipinski definition) is 3. The molecule has 1 N–H and O–H groups in total. The van der Waals surface area contributed by atoms with Gasteiger partial charge in [0.25, 0.3) is 0 Å². The Labute approximate surface area is 90.8 Å². The summed E-state index contributed by atoms with van der Waals surface area (Å²) in [5.41, 5.74) is 0.944. The zero-order valence-electron chi connectivity index (χ0n) is 9.19. The molecule has 0 aliphatic carbocycles. The normalized spacial score (nSPS) is 18.9. The van der Waals surface area contributed by atoms with Crippen molar-refractivity contribution in [3.63, 3.8) is 0 Å². The van der Waals surface area contributed by atoms with Crippen LogP contribution < -0.4 is 4.90 Å². The van der Waals surface area contributed by atoms with Crippen molar-refractivity contribution >= 4 is 5.82 Å². The topological polar surface area (TPSA) is 36.4 Å². The van der Waals surface area contributed by atoms with Crippen molar-refractivity contribution in [3.05, 3.63) is 23.9 Å². The molecule has 3 nitrogen and oxygen atoms in total. The molecule has 0 radical (unpaired) electrons. The number of aliphatic hydroxyl groups is 1. The van der Waals surface area contributed by atoms with Crippen LogP contribution in [0.25, 0.3) is 0 Å². The lowest BCUT2D eigenvalue weighted by Gasteiger charge is -2.29. The van der Waals surface area contributed by atoms with Gasteiger partial charge in [0, 0.05) is 24.8 Å². The maximum Gasteiger partial charge on any atom is 0.134 e. The Kier molecular flexibility index (Phi) is 3.21. The highest BCUT2D eigenvalue weighted by Gasteiger charge is 2.17. The van der Waals surface area contributed by atoms with Gasteiger partial charge < -0.3 is 10.0 Å². The molecule has 15 heavy (non-hydrogen) atoms. The van der Waals surface area contributed by atoms with E-state index >= 15 is 0 Å². The van der Waals surface area contributed by atoms with Gasteiger partial charge in [0.15, 0.2) is 0 Å². The molecule has 3 heteroatoms. The summed E-state index contributed by atoms with van der Waals surface area (Å²) in [7, 11) is 0. The van der Waals surface area contributed by atoms with E-state index in [2.05, 4.69) is 9.88 Å². The minimum Gasteiger partial charge on any atom is -0.389 e. The van der Waals surface area contributed by atoms with Gasteiger partial charge in [-0.05, 0) is 32.3 Å². The molecule has 0 spiro atoms. The quantitative estimate of drug-likeness (QED) is 0.805. The number of aliphatic hydroxyl groups excluding tert-OH is 1. The van der Waals surface area contributed by atoms with Crippen molar-refractivity contribution in [2.45, 2.75) is 32.3 Å². The van der Waals surface area contributed by atoms with E-state index in [0.29, 0.717) is 0 Å². The highest BCUT2D eigenvalue weighted by molar-refractivity contribution is 5.47. The predicted octanol–water partition coefficient (Wildman–Crippen LogP) is 2.13. The summed E-state index contributed by atoms with van der Waals surface area (Å²) in [5, 5.41) is 9.67. The van der Waals surface area contributed by atoms with Crippen LogP contribution in [0.4, 0.5) is 5.82 Å². The lowest BCUT2D eigenvalue weighted by molar-refractivity contribution is 0.199. The second-order valence-corrected chi connectivity index (χ2v) is 4.14. The fraction of sp³-hybridized carbons (Fsp3) is 0.583. The van der Waals surface area contributed by atoms with Crippen molar-refractivity contribution in [2.24, 2.45) is 0 Å². The van der Waals surface area contributed by atoms with Crippen molar-refractivity contribution in [1.29, 1.82) is 0 Å². The molecule has 1 atom stereocenters. The Bertz CT molecular complexity index is 319. The molecule has 0 amide bonds. The summed E-state index contributed by atoms with van der Waals surface area (Å²) in [5.74, 6) is 0.965. The first-order valence-electron chi connectivity index (χ1n) is 5.67. The van der Waals surface area contributed by atoms with Crippen LogP contribution in [-0.2, 0) is 0 Å². The SMILES string of the molecule is CC(O)c1cccnc1N1CCCCC1. The molecule has 2 rings (SSSR count). The first-order valence-corrected chi connectivity index (χ1v) is 5.67. The lowest BCUT2D eigenvalue weighted by atomic mass is 10.1. The molecule has 1 aliphatic heterocycles. The Hall–Kier alpha value is -1.09. The van der Waals surface area contributed by atoms with Crippen molar-refractivity contribution in [1.82, 2.24) is 4.98 Å². The monoisotopic (exact) mass is 206 g/mol. The standard InChI is InChI=1S/C12H18N2O/c1-10(15)11-6-5-7-13-12(11)14-8-3-2-4-9-14/h5-7,10,15H,2-4,8-9H2,1H3. The molecule has 1 saturated heterocycles. The molecule has 1 fully saturated rings. The van der Waals surface area contributed by atoms with E-state index in [1.807, 2.05) is 12.1 Å². The number of nitrogens with zero attached hydrogens (tertiary/aromatic N) is 2. The maximum absolute atomic E-state index is 9.67. The average molecular weight is 206 g/mol. The van der Waals surface area contributed by atoms with Crippen LogP contribution in [0.5, 0.6) is 0 Å². The molecule has 0 aromatic carbocycles. The van der Waals surface area contributed by atoms with E-state index in [9.17, 15) is 5.11 Å². The molecule has 1 unspecified atom stereocenters. The van der Waals surface area contributed by atoms with Gasteiger partial charge in [-0.2, -0.15) is 0 Å². The van der Waals surface area contributed by atoms with Gasteiger partial charge in [-0.25, -0.2) is 4.98 Å². The second-order valence-electron chi connectivity index (χ2n) is 4.14. The Morgan fingerprint density at radius 2 is 2.07 bits per heavy atom. The van der Waals surface area contributed by atoms with Crippen LogP contribution in [0, 0.1) is 0 Å². The maximum atomic E-state index is 9.67. The van der Waals surface area contributed by atoms with E-state index in [4.69, 9.17) is 0 Å². The largest absolute Gasteiger partial charge is 0.389 e. The highest BCUT2D eigenvalue weighted by atomic mass is 16.3. The van der Waals surface area contributed by atoms with Gasteiger partial charge in [0.1, 0.15) is 5.82 Å². The van der Waals surface area contributed by atoms with Gasteiger partial charge in [0.2, 0.25) is 0 Å². The highest BCUT2D eigenvalue weighted by Crippen LogP contribution is 2.25. The van der Waals surface area contributed by atoms with E-state index in [1.54, 1.807) is 13.1 Å². The van der Waals surface area contributed by atoms with Crippen molar-refractivity contribution < 1.29 is 5.11 Å². The summed E-state index contributed by atoms with van der Waals surface area (Å²) in [6.07, 6.45) is 5.14. The zero-order chi connectivity index (χ0) is 10.7. The van der Waals surface area contributed by atoms with E-state index in [1.165, 1.54) is 19.3 Å². The van der Waals surface area contributed by atoms with Gasteiger partial charge in [0.05, 0.1) is 6.10 Å². The van der Waals surface area contributed by atoms with E-state index in [0.717, 1.165) is 24.5 Å². The smallest absolute Gasteiger partial charge is 0.134 e. The van der Waals surface area contributed by atoms with Crippen LogP contribution in [0.2, 0.25) is 0 Å². The Morgan fingerprint density at radius 1 is 1.33 bits per heavy atom. The molecule has 1 aromatic rings. The molecule has 1 aliphatic rings. The summed E-state index contributed by atoms with van der Waals surface area (Å²) in [6.45, 7) is 3.93. The minimum atomic E-state index is -0.435. The fourth-order valence-corrected chi connectivity index (χ4v) is 2.11. The van der Waals surface area contributed by atoms with E-state index < -0.39 is 6.10 Å². The van der Waals surface area contributed by atoms with Crippen LogP contribution >= 0.6 is 0 Å². The second kappa shape index (κ2) is 4.62. The van der Waals surface area contributed by atoms with Crippen LogP contribution in [-0.4, -0.2) is 23.2 Å². The first-order chi connectivity index (χ1) is 7.29. The summed E-state index contributed by atoms with van der Waals surface area (Å²) in [6, 6.07) is 3.84. The Balaban J connectivity index is 2.25. The molecule has 0 saturated carbocycles. The van der Waals surface area contributed by atoms with Crippen molar-refractivity contribution in [2.75, 3.05) is 18.0 Å². The third kappa shape index (κ3) is 2.29. The van der Waals surface area contributed by atoms with Crippen molar-refractivity contribution in [3.8, 4) is 0 Å². The lowest BCUT2D eigenvalue weighted by Crippen LogP contribution is -2.31. The van der Waals surface area contributed by atoms with Gasteiger partial charge in [-0.15, -0.1) is 0 Å². The van der Waals surface area contributed by atoms with Crippen LogP contribution in [0.1, 0.15) is 37.9 Å². The number of pyridine rings is 1. The van der Waals surface area contributed by atoms with Crippen LogP contribution in [0.15, 0.2) is 18.3 Å². The third-order valence-electron chi connectivity index (χ3n) is 2.92. The molecular formula is C12H18N2O. The minimum absolute atomic E-state index is 0.435. The summed E-state index contributed by atoms with van der Waals surface area (Å²) in [4.78, 5) is 6.67. The number of piperidine rings is 1. The average Bonchev–Trinajstić information content (AvgIpc) is 2.30. The molecule has 0 bridgehead atoms. The number of aromatic nitrogens is 1. The zero-order valence-corrected chi connectivity index (χ0v) is 9.19. The third-order valence-corrected chi connectivity index (χ3v) is 2.92. The van der Waals surface area contributed by atoms with Gasteiger partial charge in [-0.1, -0.05) is 6.07 Å². The first kappa shape index (κ1) is 10.4. The molecule has 1 aromatic heterocycles. The van der Waals surface area contributed by atoms with E-state index in [-0.39, 0.29) is 0 Å². The number of hydrogen-bond donors (Lipinski definition) is 1. The molecule has 2 heterocycles. The summed E-state index contributed by atoms with van der Waals surface area (Å²) < 4.78 is 0. The fourth-order valence-electron chi connectivity index (χ4n) is 2.11. The molecular weight excluding hydrogens is 188 g/mol. The van der Waals surface area contributed by atoms with Gasteiger partial charge >= 0.3 is 0 Å². The number of rotatable bonds is 2. The number of anilines is 1. The van der Waals surface area contributed by atoms with Crippen LogP contribution in [0.3, 0.4) is 0 Å². The molecule has 82 valence electrons. The van der Waals surface area contributed by atoms with Gasteiger partial charge in [-0.3, -0.25) is 0 Å². The Morgan fingerprint density at radius 3 is 2.73 bits per heavy atom. The summed E-state index contributed by atoms with van der Waals surface area (Å²) >= 11 is 0.